The summed E-state index contributed by atoms with van der Waals surface area (Å²) in [5.74, 6) is 0. The van der Waals surface area contributed by atoms with Gasteiger partial charge in [0.15, 0.2) is 0 Å². The van der Waals surface area contributed by atoms with E-state index in [-0.39, 0.29) is 0 Å². The highest BCUT2D eigenvalue weighted by Gasteiger charge is 2.23. The van der Waals surface area contributed by atoms with E-state index in [1.54, 1.807) is 0 Å². The maximum absolute atomic E-state index is 6.90. The van der Waals surface area contributed by atoms with Crippen LogP contribution in [0.1, 0.15) is 0 Å². The zero-order chi connectivity index (χ0) is 74.3. The van der Waals surface area contributed by atoms with Crippen molar-refractivity contribution in [2.24, 2.45) is 0 Å². The summed E-state index contributed by atoms with van der Waals surface area (Å²) in [4.78, 5) is 4.73. The summed E-state index contributed by atoms with van der Waals surface area (Å²) in [6.07, 6.45) is 0. The molecule has 19 aromatic carbocycles. The summed E-state index contributed by atoms with van der Waals surface area (Å²) in [5.41, 5.74) is 28.8. The quantitative estimate of drug-likeness (QED) is 0.109. The van der Waals surface area contributed by atoms with Gasteiger partial charge in [0.2, 0.25) is 0 Å². The van der Waals surface area contributed by atoms with E-state index in [0.717, 1.165) is 139 Å². The van der Waals surface area contributed by atoms with Gasteiger partial charge < -0.3 is 18.6 Å². The standard InChI is InChI=1S/C56H37NO.C52H35NO/c1-3-15-39(16-4-1)46-35-36-54(50-25-10-9-24-48(46)50)57(43-21-5-2-6-22-43)44-33-31-38(32-34-44)41-19-11-20-42(37-41)47-26-13-29-52-53-30-14-28-51(56(53)58-55(47)52)49-27-12-18-40-17-7-8-23-45(40)49;1-4-15-37(16-5-1)43-33-34-50(47-24-11-10-23-46(43)47)53(41-21-8-3-9-22-41)42-31-29-36(30-32-42)39-19-12-20-40(35-39)45-26-14-28-49-48-27-13-25-44(51(48)54-52(45)49)38-17-6-2-7-18-38/h1-37H;1-35H. The molecule has 0 atom stereocenters. The van der Waals surface area contributed by atoms with E-state index in [0.29, 0.717) is 0 Å². The van der Waals surface area contributed by atoms with Crippen molar-refractivity contribution >= 4 is 110 Å². The molecular formula is C108H72N2O2. The van der Waals surface area contributed by atoms with Crippen LogP contribution in [0.2, 0.25) is 0 Å². The summed E-state index contributed by atoms with van der Waals surface area (Å²) in [5, 5.41) is 11.8. The molecule has 4 heteroatoms. The number of nitrogens with zero attached hydrogens (tertiary/aromatic N) is 2. The van der Waals surface area contributed by atoms with Crippen molar-refractivity contribution < 1.29 is 8.83 Å². The minimum atomic E-state index is 0.904. The van der Waals surface area contributed by atoms with Crippen LogP contribution in [-0.2, 0) is 0 Å². The maximum atomic E-state index is 6.90. The fourth-order valence-corrected chi connectivity index (χ4v) is 16.7. The summed E-state index contributed by atoms with van der Waals surface area (Å²) >= 11 is 0. The van der Waals surface area contributed by atoms with E-state index in [9.17, 15) is 0 Å². The van der Waals surface area contributed by atoms with E-state index in [4.69, 9.17) is 8.83 Å². The number of furan rings is 2. The van der Waals surface area contributed by atoms with Crippen molar-refractivity contribution in [1.29, 1.82) is 0 Å². The average molecular weight is 1430 g/mol. The molecular weight excluding hydrogens is 1360 g/mol. The molecule has 526 valence electrons. The van der Waals surface area contributed by atoms with Gasteiger partial charge in [0.25, 0.3) is 0 Å². The molecule has 0 N–H and O–H groups in total. The predicted octanol–water partition coefficient (Wildman–Crippen LogP) is 30.9. The van der Waals surface area contributed by atoms with Gasteiger partial charge in [0.1, 0.15) is 22.3 Å². The Hall–Kier alpha value is -14.8. The molecule has 0 fully saturated rings. The molecule has 0 bridgehead atoms. The first-order valence-corrected chi connectivity index (χ1v) is 38.3. The Labute approximate surface area is 650 Å². The SMILES string of the molecule is c1ccc(-c2ccc(N(c3ccccc3)c3ccc(-c4cccc(-c5cccc6c5oc5c(-c7cccc8ccccc78)cccc56)c4)cc3)c3ccccc23)cc1.c1ccc(-c2ccc(N(c3ccccc3)c3ccc(-c4cccc(-c5cccc6c5oc5c(-c7ccccc7)cccc56)c4)cc3)c3ccccc23)cc1. The topological polar surface area (TPSA) is 32.8 Å². The third-order valence-electron chi connectivity index (χ3n) is 22.0. The second-order valence-electron chi connectivity index (χ2n) is 28.5. The molecule has 0 aliphatic rings. The molecule has 21 aromatic rings. The molecule has 0 amide bonds. The van der Waals surface area contributed by atoms with Crippen LogP contribution in [0.4, 0.5) is 34.1 Å². The lowest BCUT2D eigenvalue weighted by atomic mass is 9.95. The van der Waals surface area contributed by atoms with Crippen molar-refractivity contribution in [1.82, 2.24) is 0 Å². The Balaban J connectivity index is 0.000000146. The lowest BCUT2D eigenvalue weighted by Gasteiger charge is -2.27. The van der Waals surface area contributed by atoms with Gasteiger partial charge in [-0.05, 0) is 161 Å². The van der Waals surface area contributed by atoms with E-state index >= 15 is 0 Å². The van der Waals surface area contributed by atoms with Crippen molar-refractivity contribution in [3.8, 4) is 89.0 Å². The van der Waals surface area contributed by atoms with Crippen molar-refractivity contribution in [3.05, 3.63) is 437 Å². The van der Waals surface area contributed by atoms with Gasteiger partial charge in [0, 0.05) is 77.3 Å². The highest BCUT2D eigenvalue weighted by Crippen LogP contribution is 2.48. The van der Waals surface area contributed by atoms with Crippen LogP contribution in [0.3, 0.4) is 0 Å². The molecule has 4 nitrogen and oxygen atoms in total. The van der Waals surface area contributed by atoms with E-state index < -0.39 is 0 Å². The number of fused-ring (bicyclic) bond motifs is 9. The van der Waals surface area contributed by atoms with Crippen molar-refractivity contribution in [3.63, 3.8) is 0 Å². The number of anilines is 6. The predicted molar refractivity (Wildman–Crippen MR) is 473 cm³/mol. The van der Waals surface area contributed by atoms with E-state index in [2.05, 4.69) is 441 Å². The lowest BCUT2D eigenvalue weighted by Crippen LogP contribution is -2.10. The Morgan fingerprint density at radius 3 is 0.848 bits per heavy atom. The third kappa shape index (κ3) is 12.3. The number of para-hydroxylation sites is 6. The molecule has 0 saturated heterocycles. The van der Waals surface area contributed by atoms with Crippen LogP contribution >= 0.6 is 0 Å². The Bertz CT molecular complexity index is 7030. The highest BCUT2D eigenvalue weighted by molar-refractivity contribution is 6.16. The molecule has 112 heavy (non-hydrogen) atoms. The summed E-state index contributed by atoms with van der Waals surface area (Å²) in [7, 11) is 0. The zero-order valence-corrected chi connectivity index (χ0v) is 61.3. The van der Waals surface area contributed by atoms with Gasteiger partial charge in [-0.15, -0.1) is 0 Å². The second kappa shape index (κ2) is 29.0. The number of hydrogen-bond acceptors (Lipinski definition) is 4. The smallest absolute Gasteiger partial charge is 0.143 e. The number of hydrogen-bond donors (Lipinski definition) is 0. The van der Waals surface area contributed by atoms with Gasteiger partial charge in [-0.2, -0.15) is 0 Å². The van der Waals surface area contributed by atoms with Gasteiger partial charge in [-0.1, -0.05) is 364 Å². The Morgan fingerprint density at radius 2 is 0.420 bits per heavy atom. The highest BCUT2D eigenvalue weighted by atomic mass is 16.3. The largest absolute Gasteiger partial charge is 0.455 e. The maximum Gasteiger partial charge on any atom is 0.143 e. The van der Waals surface area contributed by atoms with Crippen LogP contribution in [0.25, 0.3) is 165 Å². The van der Waals surface area contributed by atoms with Gasteiger partial charge in [0.05, 0.1) is 11.4 Å². The fourth-order valence-electron chi connectivity index (χ4n) is 16.7. The zero-order valence-electron chi connectivity index (χ0n) is 61.3. The molecule has 0 unspecified atom stereocenters. The number of rotatable bonds is 14. The summed E-state index contributed by atoms with van der Waals surface area (Å²) in [6, 6.07) is 156. The average Bonchev–Trinajstić information content (AvgIpc) is 1.54. The first kappa shape index (κ1) is 66.6. The molecule has 0 aliphatic carbocycles. The minimum Gasteiger partial charge on any atom is -0.455 e. The van der Waals surface area contributed by atoms with Crippen LogP contribution in [0, 0.1) is 0 Å². The van der Waals surface area contributed by atoms with Crippen molar-refractivity contribution in [2.75, 3.05) is 9.80 Å². The molecule has 2 heterocycles. The van der Waals surface area contributed by atoms with Crippen LogP contribution < -0.4 is 9.80 Å². The second-order valence-corrected chi connectivity index (χ2v) is 28.5. The summed E-state index contributed by atoms with van der Waals surface area (Å²) < 4.78 is 13.7. The third-order valence-corrected chi connectivity index (χ3v) is 22.0. The molecule has 2 aromatic heterocycles. The molecule has 0 saturated carbocycles. The van der Waals surface area contributed by atoms with Crippen LogP contribution in [-0.4, -0.2) is 0 Å². The number of benzene rings is 19. The first-order valence-electron chi connectivity index (χ1n) is 38.3. The first-order chi connectivity index (χ1) is 55.6. The minimum absolute atomic E-state index is 0.904. The monoisotopic (exact) mass is 1430 g/mol. The normalized spacial score (nSPS) is 11.4. The van der Waals surface area contributed by atoms with E-state index in [1.807, 2.05) is 6.07 Å². The Morgan fingerprint density at radius 1 is 0.143 bits per heavy atom. The van der Waals surface area contributed by atoms with Gasteiger partial charge in [-0.3, -0.25) is 0 Å². The van der Waals surface area contributed by atoms with Gasteiger partial charge in [-0.25, -0.2) is 0 Å². The molecule has 0 aliphatic heterocycles. The van der Waals surface area contributed by atoms with Crippen molar-refractivity contribution in [2.45, 2.75) is 0 Å². The molecule has 0 spiro atoms. The fraction of sp³-hybridized carbons (Fsp3) is 0. The van der Waals surface area contributed by atoms with Crippen LogP contribution in [0.5, 0.6) is 0 Å². The molecule has 21 rings (SSSR count). The Kier molecular flexibility index (Phi) is 17.3. The van der Waals surface area contributed by atoms with E-state index in [1.165, 1.54) is 60.1 Å². The van der Waals surface area contributed by atoms with Gasteiger partial charge >= 0.3 is 0 Å². The lowest BCUT2D eigenvalue weighted by molar-refractivity contribution is 0.670. The van der Waals surface area contributed by atoms with Crippen LogP contribution in [0.15, 0.2) is 446 Å². The molecule has 0 radical (unpaired) electrons. The summed E-state index contributed by atoms with van der Waals surface area (Å²) in [6.45, 7) is 0.